The minimum absolute atomic E-state index is 0.113. The lowest BCUT2D eigenvalue weighted by atomic mass is 9.95. The Balaban J connectivity index is 1.25. The maximum Gasteiger partial charge on any atom is 0.331 e. The number of para-hydroxylation sites is 1. The molecule has 5 heteroatoms. The van der Waals surface area contributed by atoms with E-state index in [2.05, 4.69) is 23.4 Å². The van der Waals surface area contributed by atoms with E-state index in [1.165, 1.54) is 43.7 Å². The molecule has 0 aliphatic heterocycles. The minimum Gasteiger partial charge on any atom is -0.453 e. The van der Waals surface area contributed by atoms with Gasteiger partial charge < -0.3 is 9.25 Å². The van der Waals surface area contributed by atoms with Crippen LogP contribution in [0.2, 0.25) is 0 Å². The van der Waals surface area contributed by atoms with E-state index in [4.69, 9.17) is 9.25 Å². The highest BCUT2D eigenvalue weighted by Crippen LogP contribution is 2.38. The van der Waals surface area contributed by atoms with Gasteiger partial charge in [0.05, 0.1) is 5.71 Å². The van der Waals surface area contributed by atoms with E-state index in [0.717, 1.165) is 53.0 Å². The molecule has 186 valence electrons. The van der Waals surface area contributed by atoms with Crippen molar-refractivity contribution in [1.29, 1.82) is 0 Å². The Labute approximate surface area is 216 Å². The summed E-state index contributed by atoms with van der Waals surface area (Å²) in [4.78, 5) is 29.7. The summed E-state index contributed by atoms with van der Waals surface area (Å²) in [5, 5.41) is 5.15. The summed E-state index contributed by atoms with van der Waals surface area (Å²) in [5.74, 6) is 0.559. The van der Waals surface area contributed by atoms with Crippen LogP contribution in [0.4, 0.5) is 0 Å². The van der Waals surface area contributed by atoms with E-state index in [1.54, 1.807) is 0 Å². The van der Waals surface area contributed by atoms with Crippen molar-refractivity contribution in [2.75, 3.05) is 0 Å². The summed E-state index contributed by atoms with van der Waals surface area (Å²) in [6.45, 7) is 1.38. The molecule has 3 aromatic carbocycles. The van der Waals surface area contributed by atoms with Crippen LogP contribution in [0.3, 0.4) is 0 Å². The first-order valence-electron chi connectivity index (χ1n) is 13.1. The van der Waals surface area contributed by atoms with Gasteiger partial charge in [0.15, 0.2) is 5.76 Å². The molecule has 2 aliphatic carbocycles. The first kappa shape index (κ1) is 23.4. The molecule has 37 heavy (non-hydrogen) atoms. The molecule has 1 saturated carbocycles. The normalized spacial score (nSPS) is 15.1. The number of ketones is 1. The Morgan fingerprint density at radius 1 is 0.919 bits per heavy atom. The molecule has 0 atom stereocenters. The van der Waals surface area contributed by atoms with Gasteiger partial charge in [-0.15, -0.1) is 0 Å². The summed E-state index contributed by atoms with van der Waals surface area (Å²) >= 11 is 0. The minimum atomic E-state index is -0.409. The Hall–Kier alpha value is -3.99. The van der Waals surface area contributed by atoms with Crippen LogP contribution in [0.5, 0.6) is 0 Å². The highest BCUT2D eigenvalue weighted by atomic mass is 16.7. The van der Waals surface area contributed by atoms with Gasteiger partial charge in [-0.05, 0) is 77.3 Å². The molecule has 0 saturated heterocycles. The fourth-order valence-electron chi connectivity index (χ4n) is 5.77. The summed E-state index contributed by atoms with van der Waals surface area (Å²) in [5.41, 5.74) is 7.78. The van der Waals surface area contributed by atoms with Gasteiger partial charge in [-0.3, -0.25) is 4.79 Å². The Morgan fingerprint density at radius 2 is 1.62 bits per heavy atom. The Bertz CT molecular complexity index is 1500. The fourth-order valence-corrected chi connectivity index (χ4v) is 5.77. The molecule has 1 aromatic heterocycles. The second-order valence-corrected chi connectivity index (χ2v) is 10.2. The van der Waals surface area contributed by atoms with Crippen LogP contribution in [0.1, 0.15) is 78.3 Å². The van der Waals surface area contributed by atoms with Gasteiger partial charge in [0.25, 0.3) is 0 Å². The number of rotatable bonds is 7. The van der Waals surface area contributed by atoms with Crippen molar-refractivity contribution in [3.05, 3.63) is 94.7 Å². The van der Waals surface area contributed by atoms with Gasteiger partial charge in [-0.25, -0.2) is 4.79 Å². The molecule has 1 fully saturated rings. The van der Waals surface area contributed by atoms with E-state index in [-0.39, 0.29) is 5.78 Å². The predicted molar refractivity (Wildman–Crippen MR) is 144 cm³/mol. The maximum absolute atomic E-state index is 13.2. The zero-order valence-electron chi connectivity index (χ0n) is 21.0. The number of hydrogen-bond donors (Lipinski definition) is 0. The van der Waals surface area contributed by atoms with Crippen LogP contribution in [0.25, 0.3) is 22.1 Å². The van der Waals surface area contributed by atoms with E-state index in [1.807, 2.05) is 48.5 Å². The second kappa shape index (κ2) is 9.81. The molecular weight excluding hydrogens is 462 g/mol. The SMILES string of the molecule is CC(=O)O/N=C(\CCC1CCCC1)c1ccc2c(c1)Cc1cc(C(=O)c3cc4ccccc4o3)ccc1-2. The second-order valence-electron chi connectivity index (χ2n) is 10.2. The lowest BCUT2D eigenvalue weighted by molar-refractivity contribution is -0.140. The van der Waals surface area contributed by atoms with Gasteiger partial charge in [-0.2, -0.15) is 0 Å². The number of carbonyl (C=O) groups is 2. The van der Waals surface area contributed by atoms with Gasteiger partial charge in [0.2, 0.25) is 5.78 Å². The van der Waals surface area contributed by atoms with Crippen molar-refractivity contribution in [1.82, 2.24) is 0 Å². The largest absolute Gasteiger partial charge is 0.453 e. The molecule has 4 aromatic rings. The summed E-state index contributed by atoms with van der Waals surface area (Å²) in [6, 6.07) is 21.7. The van der Waals surface area contributed by atoms with Crippen LogP contribution in [0, 0.1) is 5.92 Å². The number of nitrogens with zero attached hydrogens (tertiary/aromatic N) is 1. The third kappa shape index (κ3) is 4.74. The molecule has 0 unspecified atom stereocenters. The van der Waals surface area contributed by atoms with Crippen LogP contribution < -0.4 is 0 Å². The summed E-state index contributed by atoms with van der Waals surface area (Å²) in [7, 11) is 0. The maximum atomic E-state index is 13.2. The van der Waals surface area contributed by atoms with E-state index in [0.29, 0.717) is 16.9 Å². The van der Waals surface area contributed by atoms with Gasteiger partial charge >= 0.3 is 5.97 Å². The molecular formula is C32H29NO4. The summed E-state index contributed by atoms with van der Waals surface area (Å²) in [6.07, 6.45) is 7.75. The molecule has 0 bridgehead atoms. The van der Waals surface area contributed by atoms with Crippen molar-refractivity contribution >= 4 is 28.4 Å². The predicted octanol–water partition coefficient (Wildman–Crippen LogP) is 7.47. The van der Waals surface area contributed by atoms with Crippen molar-refractivity contribution in [3.8, 4) is 11.1 Å². The molecule has 0 radical (unpaired) electrons. The molecule has 1 heterocycles. The molecule has 0 amide bonds. The average Bonchev–Trinajstić information content (AvgIpc) is 3.65. The fraction of sp³-hybridized carbons (Fsp3) is 0.281. The van der Waals surface area contributed by atoms with E-state index in [9.17, 15) is 9.59 Å². The average molecular weight is 492 g/mol. The first-order valence-corrected chi connectivity index (χ1v) is 13.1. The number of benzene rings is 3. The molecule has 6 rings (SSSR count). The summed E-state index contributed by atoms with van der Waals surface area (Å²) < 4.78 is 5.81. The highest BCUT2D eigenvalue weighted by Gasteiger charge is 2.23. The number of carbonyl (C=O) groups excluding carboxylic acids is 2. The van der Waals surface area contributed by atoms with Gasteiger partial charge in [-0.1, -0.05) is 73.3 Å². The van der Waals surface area contributed by atoms with Crippen molar-refractivity contribution < 1.29 is 18.8 Å². The van der Waals surface area contributed by atoms with Crippen LogP contribution in [-0.2, 0) is 16.1 Å². The molecule has 2 aliphatic rings. The van der Waals surface area contributed by atoms with Crippen LogP contribution in [0.15, 0.2) is 76.3 Å². The lowest BCUT2D eigenvalue weighted by Gasteiger charge is -2.12. The number of furan rings is 1. The topological polar surface area (TPSA) is 68.9 Å². The third-order valence-corrected chi connectivity index (χ3v) is 7.67. The third-order valence-electron chi connectivity index (χ3n) is 7.67. The van der Waals surface area contributed by atoms with Crippen LogP contribution in [-0.4, -0.2) is 17.5 Å². The number of fused-ring (bicyclic) bond motifs is 4. The zero-order chi connectivity index (χ0) is 25.4. The quantitative estimate of drug-likeness (QED) is 0.102. The zero-order valence-corrected chi connectivity index (χ0v) is 21.0. The standard InChI is InChI=1S/C32H29NO4/c1-20(34)37-33-29(15-10-21-6-2-3-7-21)22-11-13-27-25(16-22)18-26-17-24(12-14-28(26)27)32(35)31-19-23-8-4-5-9-30(23)36-31/h4-5,8-9,11-14,16-17,19,21H,2-3,6-7,10,15,18H2,1H3/b33-29+. The van der Waals surface area contributed by atoms with Crippen LogP contribution >= 0.6 is 0 Å². The Morgan fingerprint density at radius 3 is 2.35 bits per heavy atom. The lowest BCUT2D eigenvalue weighted by Crippen LogP contribution is -2.07. The molecule has 0 spiro atoms. The number of hydrogen-bond acceptors (Lipinski definition) is 5. The van der Waals surface area contributed by atoms with Crippen molar-refractivity contribution in [2.45, 2.75) is 51.9 Å². The highest BCUT2D eigenvalue weighted by molar-refractivity contribution is 6.09. The molecule has 0 N–H and O–H groups in total. The van der Waals surface area contributed by atoms with Crippen molar-refractivity contribution in [2.24, 2.45) is 11.1 Å². The van der Waals surface area contributed by atoms with Gasteiger partial charge in [0, 0.05) is 17.9 Å². The smallest absolute Gasteiger partial charge is 0.331 e. The number of oxime groups is 1. The van der Waals surface area contributed by atoms with Crippen molar-refractivity contribution in [3.63, 3.8) is 0 Å². The monoisotopic (exact) mass is 491 g/mol. The van der Waals surface area contributed by atoms with E-state index < -0.39 is 5.97 Å². The van der Waals surface area contributed by atoms with Gasteiger partial charge in [0.1, 0.15) is 5.58 Å². The van der Waals surface area contributed by atoms with E-state index >= 15 is 0 Å². The molecule has 5 nitrogen and oxygen atoms in total. The first-order chi connectivity index (χ1) is 18.0. The Kier molecular flexibility index (Phi) is 6.21.